The summed E-state index contributed by atoms with van der Waals surface area (Å²) in [4.78, 5) is 15.9. The van der Waals surface area contributed by atoms with Crippen LogP contribution in [0.4, 0.5) is 4.39 Å². The zero-order valence-electron chi connectivity index (χ0n) is 9.67. The van der Waals surface area contributed by atoms with Crippen molar-refractivity contribution in [2.75, 3.05) is 5.75 Å². The monoisotopic (exact) mass is 261 g/mol. The Morgan fingerprint density at radius 1 is 1.17 bits per heavy atom. The van der Waals surface area contributed by atoms with E-state index in [4.69, 9.17) is 0 Å². The van der Waals surface area contributed by atoms with Crippen molar-refractivity contribution in [3.63, 3.8) is 0 Å². The van der Waals surface area contributed by atoms with Crippen LogP contribution in [0, 0.1) is 5.82 Å². The average molecular weight is 261 g/mol. The number of benzene rings is 1. The van der Waals surface area contributed by atoms with Crippen LogP contribution in [0.15, 0.2) is 53.7 Å². The van der Waals surface area contributed by atoms with Crippen LogP contribution in [-0.2, 0) is 11.2 Å². The number of rotatable bonds is 5. The first-order valence-electron chi connectivity index (χ1n) is 5.54. The van der Waals surface area contributed by atoms with Crippen LogP contribution in [0.2, 0.25) is 0 Å². The first-order chi connectivity index (χ1) is 8.74. The molecule has 2 aromatic rings. The second kappa shape index (κ2) is 6.31. The van der Waals surface area contributed by atoms with E-state index in [2.05, 4.69) is 4.98 Å². The molecule has 0 saturated carbocycles. The summed E-state index contributed by atoms with van der Waals surface area (Å²) >= 11 is 1.42. The Morgan fingerprint density at radius 2 is 1.94 bits per heavy atom. The van der Waals surface area contributed by atoms with E-state index < -0.39 is 0 Å². The van der Waals surface area contributed by atoms with E-state index in [0.717, 1.165) is 10.6 Å². The number of hydrogen-bond donors (Lipinski definition) is 0. The lowest BCUT2D eigenvalue weighted by molar-refractivity contribution is -0.116. The minimum absolute atomic E-state index is 0.109. The Morgan fingerprint density at radius 3 is 2.61 bits per heavy atom. The molecule has 0 amide bonds. The maximum atomic E-state index is 12.7. The average Bonchev–Trinajstić information content (AvgIpc) is 2.40. The van der Waals surface area contributed by atoms with Crippen molar-refractivity contribution in [2.45, 2.75) is 11.4 Å². The molecule has 0 N–H and O–H groups in total. The topological polar surface area (TPSA) is 30.0 Å². The number of nitrogens with zero attached hydrogens (tertiary/aromatic N) is 1. The number of ketones is 1. The molecule has 18 heavy (non-hydrogen) atoms. The van der Waals surface area contributed by atoms with Crippen LogP contribution in [0.25, 0.3) is 0 Å². The smallest absolute Gasteiger partial charge is 0.147 e. The lowest BCUT2D eigenvalue weighted by Gasteiger charge is -2.01. The third kappa shape index (κ3) is 3.96. The van der Waals surface area contributed by atoms with Gasteiger partial charge in [0, 0.05) is 12.6 Å². The van der Waals surface area contributed by atoms with Gasteiger partial charge in [0.05, 0.1) is 10.8 Å². The summed E-state index contributed by atoms with van der Waals surface area (Å²) in [7, 11) is 0. The molecule has 1 heterocycles. The van der Waals surface area contributed by atoms with Gasteiger partial charge >= 0.3 is 0 Å². The van der Waals surface area contributed by atoms with Crippen LogP contribution >= 0.6 is 11.8 Å². The van der Waals surface area contributed by atoms with Crippen LogP contribution in [0.5, 0.6) is 0 Å². The van der Waals surface area contributed by atoms with Crippen molar-refractivity contribution in [3.8, 4) is 0 Å². The summed E-state index contributed by atoms with van der Waals surface area (Å²) in [6.07, 6.45) is 2.03. The summed E-state index contributed by atoms with van der Waals surface area (Å²) in [5.41, 5.74) is 0.836. The molecular formula is C14H12FNOS. The van der Waals surface area contributed by atoms with Gasteiger partial charge in [0.25, 0.3) is 0 Å². The fraction of sp³-hybridized carbons (Fsp3) is 0.143. The highest BCUT2D eigenvalue weighted by Gasteiger charge is 2.05. The molecule has 2 rings (SSSR count). The minimum Gasteiger partial charge on any atom is -0.298 e. The lowest BCUT2D eigenvalue weighted by atomic mass is 10.1. The van der Waals surface area contributed by atoms with Gasteiger partial charge in [-0.05, 0) is 29.8 Å². The molecule has 4 heteroatoms. The van der Waals surface area contributed by atoms with E-state index in [9.17, 15) is 9.18 Å². The van der Waals surface area contributed by atoms with Gasteiger partial charge in [0.2, 0.25) is 0 Å². The van der Waals surface area contributed by atoms with Crippen molar-refractivity contribution in [3.05, 3.63) is 60.0 Å². The quantitative estimate of drug-likeness (QED) is 0.775. The van der Waals surface area contributed by atoms with Gasteiger partial charge in [-0.3, -0.25) is 4.79 Å². The summed E-state index contributed by atoms with van der Waals surface area (Å²) < 4.78 is 12.7. The second-order valence-corrected chi connectivity index (χ2v) is 4.79. The van der Waals surface area contributed by atoms with Gasteiger partial charge in [0.15, 0.2) is 0 Å². The number of thioether (sulfide) groups is 1. The van der Waals surface area contributed by atoms with Crippen LogP contribution in [0.3, 0.4) is 0 Å². The van der Waals surface area contributed by atoms with E-state index in [1.165, 1.54) is 23.9 Å². The fourth-order valence-corrected chi connectivity index (χ4v) is 2.19. The molecule has 1 aromatic heterocycles. The van der Waals surface area contributed by atoms with Crippen molar-refractivity contribution in [1.82, 2.24) is 4.98 Å². The molecule has 2 nitrogen and oxygen atoms in total. The maximum absolute atomic E-state index is 12.7. The Kier molecular flexibility index (Phi) is 4.47. The van der Waals surface area contributed by atoms with Crippen LogP contribution in [0.1, 0.15) is 5.56 Å². The number of Topliss-reactive ketones (excluding diaryl/α,β-unsaturated/α-hetero) is 1. The minimum atomic E-state index is -0.283. The molecule has 0 saturated heterocycles. The third-order valence-corrected chi connectivity index (χ3v) is 3.34. The molecular weight excluding hydrogens is 249 g/mol. The molecule has 0 unspecified atom stereocenters. The number of pyridine rings is 1. The van der Waals surface area contributed by atoms with E-state index in [-0.39, 0.29) is 11.6 Å². The predicted molar refractivity (Wildman–Crippen MR) is 70.1 cm³/mol. The SMILES string of the molecule is O=C(CSc1ccccn1)Cc1ccc(F)cc1. The van der Waals surface area contributed by atoms with Crippen molar-refractivity contribution < 1.29 is 9.18 Å². The maximum Gasteiger partial charge on any atom is 0.147 e. The van der Waals surface area contributed by atoms with E-state index in [1.54, 1.807) is 18.3 Å². The summed E-state index contributed by atoms with van der Waals surface area (Å²) in [5.74, 6) is 0.209. The highest BCUT2D eigenvalue weighted by atomic mass is 32.2. The molecule has 0 aliphatic rings. The molecule has 0 aliphatic carbocycles. The summed E-state index contributed by atoms with van der Waals surface area (Å²) in [6.45, 7) is 0. The molecule has 1 aromatic carbocycles. The zero-order chi connectivity index (χ0) is 12.8. The third-order valence-electron chi connectivity index (χ3n) is 2.33. The van der Waals surface area contributed by atoms with Gasteiger partial charge in [-0.15, -0.1) is 0 Å². The zero-order valence-corrected chi connectivity index (χ0v) is 10.5. The molecule has 0 atom stereocenters. The van der Waals surface area contributed by atoms with E-state index in [0.29, 0.717) is 12.2 Å². The van der Waals surface area contributed by atoms with Crippen molar-refractivity contribution in [2.24, 2.45) is 0 Å². The van der Waals surface area contributed by atoms with Crippen molar-refractivity contribution in [1.29, 1.82) is 0 Å². The molecule has 0 radical (unpaired) electrons. The molecule has 92 valence electrons. The number of halogens is 1. The van der Waals surface area contributed by atoms with Crippen LogP contribution in [-0.4, -0.2) is 16.5 Å². The first kappa shape index (κ1) is 12.8. The summed E-state index contributed by atoms with van der Waals surface area (Å²) in [5, 5.41) is 0.838. The second-order valence-electron chi connectivity index (χ2n) is 3.80. The van der Waals surface area contributed by atoms with Gasteiger partial charge in [0.1, 0.15) is 11.6 Å². The summed E-state index contributed by atoms with van der Waals surface area (Å²) in [6, 6.07) is 11.6. The first-order valence-corrected chi connectivity index (χ1v) is 6.52. The number of carbonyl (C=O) groups excluding carboxylic acids is 1. The van der Waals surface area contributed by atoms with Crippen LogP contribution < -0.4 is 0 Å². The number of hydrogen-bond acceptors (Lipinski definition) is 3. The Hall–Kier alpha value is -1.68. The predicted octanol–water partition coefficient (Wildman–Crippen LogP) is 3.12. The van der Waals surface area contributed by atoms with E-state index in [1.807, 2.05) is 18.2 Å². The molecule has 0 spiro atoms. The van der Waals surface area contributed by atoms with E-state index >= 15 is 0 Å². The Bertz CT molecular complexity index is 513. The molecule has 0 aliphatic heterocycles. The Labute approximate surface area is 109 Å². The largest absolute Gasteiger partial charge is 0.298 e. The highest BCUT2D eigenvalue weighted by Crippen LogP contribution is 2.15. The van der Waals surface area contributed by atoms with Crippen molar-refractivity contribution >= 4 is 17.5 Å². The van der Waals surface area contributed by atoms with Gasteiger partial charge in [-0.25, -0.2) is 9.37 Å². The fourth-order valence-electron chi connectivity index (χ4n) is 1.47. The van der Waals surface area contributed by atoms with Gasteiger partial charge < -0.3 is 0 Å². The number of carbonyl (C=O) groups is 1. The lowest BCUT2D eigenvalue weighted by Crippen LogP contribution is -2.05. The molecule has 0 bridgehead atoms. The molecule has 0 fully saturated rings. The van der Waals surface area contributed by atoms with Gasteiger partial charge in [-0.2, -0.15) is 0 Å². The highest BCUT2D eigenvalue weighted by molar-refractivity contribution is 7.99. The Balaban J connectivity index is 1.84. The normalized spacial score (nSPS) is 10.3. The standard InChI is InChI=1S/C14H12FNOS/c15-12-6-4-11(5-7-12)9-13(17)10-18-14-3-1-2-8-16-14/h1-8H,9-10H2. The number of aromatic nitrogens is 1. The van der Waals surface area contributed by atoms with Gasteiger partial charge in [-0.1, -0.05) is 30.0 Å².